The van der Waals surface area contributed by atoms with Crippen molar-refractivity contribution in [1.82, 2.24) is 0 Å². The van der Waals surface area contributed by atoms with Gasteiger partial charge in [0.1, 0.15) is 6.04 Å². The van der Waals surface area contributed by atoms with E-state index >= 15 is 0 Å². The number of anilines is 1. The van der Waals surface area contributed by atoms with Gasteiger partial charge in [0.05, 0.1) is 15.7 Å². The summed E-state index contributed by atoms with van der Waals surface area (Å²) >= 11 is 11.6. The van der Waals surface area contributed by atoms with E-state index in [9.17, 15) is 4.79 Å². The van der Waals surface area contributed by atoms with Crippen LogP contribution in [0.25, 0.3) is 0 Å². The number of carbonyl (C=O) groups excluding carboxylic acids is 1. The number of rotatable bonds is 0. The molecule has 0 aromatic heterocycles. The first-order valence-electron chi connectivity index (χ1n) is 3.65. The summed E-state index contributed by atoms with van der Waals surface area (Å²) in [5.74, 6) is -0.251. The number of nitrogens with one attached hydrogen (secondary N) is 1. The summed E-state index contributed by atoms with van der Waals surface area (Å²) in [6.07, 6.45) is 0. The zero-order chi connectivity index (χ0) is 9.59. The van der Waals surface area contributed by atoms with Crippen molar-refractivity contribution in [2.45, 2.75) is 6.04 Å². The largest absolute Gasteiger partial charge is 0.323 e. The van der Waals surface area contributed by atoms with Gasteiger partial charge in [0.25, 0.3) is 0 Å². The summed E-state index contributed by atoms with van der Waals surface area (Å²) in [7, 11) is 0. The lowest BCUT2D eigenvalue weighted by molar-refractivity contribution is -0.116. The molecule has 13 heavy (non-hydrogen) atoms. The minimum absolute atomic E-state index is 0.251. The number of amides is 1. The van der Waals surface area contributed by atoms with Gasteiger partial charge in [-0.05, 0) is 6.07 Å². The zero-order valence-electron chi connectivity index (χ0n) is 6.47. The molecule has 0 spiro atoms. The van der Waals surface area contributed by atoms with Crippen molar-refractivity contribution in [3.05, 3.63) is 27.7 Å². The van der Waals surface area contributed by atoms with Crippen molar-refractivity contribution in [3.8, 4) is 0 Å². The SMILES string of the molecule is N[C@H]1C(=O)Nc2c1ccc(Cl)c2Cl. The van der Waals surface area contributed by atoms with Crippen LogP contribution in [-0.2, 0) is 4.79 Å². The van der Waals surface area contributed by atoms with Gasteiger partial charge in [0, 0.05) is 5.56 Å². The maximum absolute atomic E-state index is 11.2. The minimum atomic E-state index is -0.634. The monoisotopic (exact) mass is 216 g/mol. The molecule has 0 saturated heterocycles. The van der Waals surface area contributed by atoms with Crippen molar-refractivity contribution >= 4 is 34.8 Å². The van der Waals surface area contributed by atoms with Crippen molar-refractivity contribution in [2.24, 2.45) is 5.73 Å². The Morgan fingerprint density at radius 1 is 1.38 bits per heavy atom. The fraction of sp³-hybridized carbons (Fsp3) is 0.125. The van der Waals surface area contributed by atoms with E-state index in [0.29, 0.717) is 21.3 Å². The van der Waals surface area contributed by atoms with Crippen LogP contribution in [0.2, 0.25) is 10.0 Å². The molecule has 3 N–H and O–H groups in total. The highest BCUT2D eigenvalue weighted by molar-refractivity contribution is 6.44. The fourth-order valence-corrected chi connectivity index (χ4v) is 1.67. The molecule has 1 amide bonds. The Bertz CT molecular complexity index is 392. The van der Waals surface area contributed by atoms with E-state index in [2.05, 4.69) is 5.32 Å². The molecule has 0 bridgehead atoms. The molecule has 5 heteroatoms. The molecule has 1 atom stereocenters. The number of hydrogen-bond donors (Lipinski definition) is 2. The fourth-order valence-electron chi connectivity index (χ4n) is 1.29. The number of fused-ring (bicyclic) bond motifs is 1. The number of halogens is 2. The quantitative estimate of drug-likeness (QED) is 0.697. The molecule has 0 radical (unpaired) electrons. The van der Waals surface area contributed by atoms with Gasteiger partial charge in [0.15, 0.2) is 0 Å². The highest BCUT2D eigenvalue weighted by Gasteiger charge is 2.29. The van der Waals surface area contributed by atoms with E-state index in [1.807, 2.05) is 0 Å². The van der Waals surface area contributed by atoms with E-state index in [1.165, 1.54) is 0 Å². The van der Waals surface area contributed by atoms with Crippen molar-refractivity contribution in [2.75, 3.05) is 5.32 Å². The van der Waals surface area contributed by atoms with Crippen LogP contribution in [0, 0.1) is 0 Å². The van der Waals surface area contributed by atoms with Crippen LogP contribution >= 0.6 is 23.2 Å². The predicted molar refractivity (Wildman–Crippen MR) is 52.0 cm³/mol. The van der Waals surface area contributed by atoms with Gasteiger partial charge < -0.3 is 11.1 Å². The second kappa shape index (κ2) is 2.87. The smallest absolute Gasteiger partial charge is 0.246 e. The molecule has 1 aliphatic rings. The van der Waals surface area contributed by atoms with E-state index in [-0.39, 0.29) is 5.91 Å². The summed E-state index contributed by atoms with van der Waals surface area (Å²) in [5.41, 5.74) is 6.82. The molecule has 1 aromatic carbocycles. The summed E-state index contributed by atoms with van der Waals surface area (Å²) in [4.78, 5) is 11.2. The van der Waals surface area contributed by atoms with Gasteiger partial charge in [-0.25, -0.2) is 0 Å². The molecule has 1 aliphatic heterocycles. The first kappa shape index (κ1) is 8.81. The lowest BCUT2D eigenvalue weighted by Gasteiger charge is -2.03. The third kappa shape index (κ3) is 1.20. The molecule has 0 saturated carbocycles. The Hall–Kier alpha value is -0.770. The van der Waals surface area contributed by atoms with Crippen molar-refractivity contribution in [3.63, 3.8) is 0 Å². The molecular weight excluding hydrogens is 211 g/mol. The lowest BCUT2D eigenvalue weighted by atomic mass is 10.1. The van der Waals surface area contributed by atoms with Gasteiger partial charge >= 0.3 is 0 Å². The Balaban J connectivity index is 2.64. The van der Waals surface area contributed by atoms with Gasteiger partial charge in [-0.15, -0.1) is 0 Å². The Kier molecular flexibility index (Phi) is 1.95. The minimum Gasteiger partial charge on any atom is -0.323 e. The molecule has 0 aliphatic carbocycles. The normalized spacial score (nSPS) is 19.9. The van der Waals surface area contributed by atoms with Crippen LogP contribution in [0.4, 0.5) is 5.69 Å². The molecular formula is C8H6Cl2N2O. The first-order valence-corrected chi connectivity index (χ1v) is 4.41. The topological polar surface area (TPSA) is 55.1 Å². The molecule has 2 rings (SSSR count). The Morgan fingerprint density at radius 2 is 2.08 bits per heavy atom. The second-order valence-electron chi connectivity index (χ2n) is 2.79. The summed E-state index contributed by atoms with van der Waals surface area (Å²) < 4.78 is 0. The maximum atomic E-state index is 11.2. The average Bonchev–Trinajstić information content (AvgIpc) is 2.38. The van der Waals surface area contributed by atoms with Gasteiger partial charge in [-0.1, -0.05) is 29.3 Å². The zero-order valence-corrected chi connectivity index (χ0v) is 7.99. The van der Waals surface area contributed by atoms with Gasteiger partial charge in [0.2, 0.25) is 5.91 Å². The van der Waals surface area contributed by atoms with Gasteiger partial charge in [-0.3, -0.25) is 4.79 Å². The van der Waals surface area contributed by atoms with Gasteiger partial charge in [-0.2, -0.15) is 0 Å². The lowest BCUT2D eigenvalue weighted by Crippen LogP contribution is -2.19. The van der Waals surface area contributed by atoms with Crippen LogP contribution in [-0.4, -0.2) is 5.91 Å². The van der Waals surface area contributed by atoms with Crippen LogP contribution in [0.15, 0.2) is 12.1 Å². The number of carbonyl (C=O) groups is 1. The molecule has 68 valence electrons. The van der Waals surface area contributed by atoms with Crippen molar-refractivity contribution in [1.29, 1.82) is 0 Å². The first-order chi connectivity index (χ1) is 6.11. The third-order valence-corrected chi connectivity index (χ3v) is 2.80. The highest BCUT2D eigenvalue weighted by atomic mass is 35.5. The van der Waals surface area contributed by atoms with Crippen LogP contribution in [0.1, 0.15) is 11.6 Å². The molecule has 1 aromatic rings. The summed E-state index contributed by atoms with van der Waals surface area (Å²) in [6.45, 7) is 0. The third-order valence-electron chi connectivity index (χ3n) is 1.99. The second-order valence-corrected chi connectivity index (χ2v) is 3.58. The predicted octanol–water partition coefficient (Wildman–Crippen LogP) is 1.95. The number of nitrogens with two attached hydrogens (primary N) is 1. The number of benzene rings is 1. The van der Waals surface area contributed by atoms with Crippen LogP contribution in [0.3, 0.4) is 0 Å². The van der Waals surface area contributed by atoms with Crippen LogP contribution in [0.5, 0.6) is 0 Å². The molecule has 0 fully saturated rings. The molecule has 0 unspecified atom stereocenters. The molecule has 1 heterocycles. The Morgan fingerprint density at radius 3 is 2.77 bits per heavy atom. The molecule has 3 nitrogen and oxygen atoms in total. The van der Waals surface area contributed by atoms with Crippen molar-refractivity contribution < 1.29 is 4.79 Å². The van der Waals surface area contributed by atoms with Crippen LogP contribution < -0.4 is 11.1 Å². The standard InChI is InChI=1S/C8H6Cl2N2O/c9-4-2-1-3-6(11)8(13)12-7(3)5(4)10/h1-2,6H,11H2,(H,12,13)/t6-/m1/s1. The van der Waals surface area contributed by atoms with E-state index in [0.717, 1.165) is 0 Å². The van der Waals surface area contributed by atoms with E-state index < -0.39 is 6.04 Å². The maximum Gasteiger partial charge on any atom is 0.246 e. The summed E-state index contributed by atoms with van der Waals surface area (Å²) in [6, 6.07) is 2.69. The number of hydrogen-bond acceptors (Lipinski definition) is 2. The Labute approximate surface area is 84.8 Å². The highest BCUT2D eigenvalue weighted by Crippen LogP contribution is 2.39. The van der Waals surface area contributed by atoms with E-state index in [4.69, 9.17) is 28.9 Å². The average molecular weight is 217 g/mol. The summed E-state index contributed by atoms with van der Waals surface area (Å²) in [5, 5.41) is 3.34. The van der Waals surface area contributed by atoms with E-state index in [1.54, 1.807) is 12.1 Å².